The van der Waals surface area contributed by atoms with Gasteiger partial charge < -0.3 is 9.30 Å². The van der Waals surface area contributed by atoms with Gasteiger partial charge in [0.25, 0.3) is 5.56 Å². The van der Waals surface area contributed by atoms with Crippen LogP contribution >= 0.6 is 23.1 Å². The topological polar surface area (TPSA) is 69.9 Å². The maximum absolute atomic E-state index is 13.3. The number of pyridine rings is 3. The van der Waals surface area contributed by atoms with Gasteiger partial charge in [-0.15, -0.1) is 0 Å². The molecule has 0 amide bonds. The van der Waals surface area contributed by atoms with Gasteiger partial charge in [0.05, 0.1) is 17.3 Å². The minimum Gasteiger partial charge on any atom is -0.487 e. The van der Waals surface area contributed by atoms with E-state index in [1.54, 1.807) is 23.7 Å². The number of benzene rings is 1. The highest BCUT2D eigenvalue weighted by molar-refractivity contribution is 7.04. The lowest BCUT2D eigenvalue weighted by molar-refractivity contribution is -0.138. The molecule has 6 nitrogen and oxygen atoms in total. The van der Waals surface area contributed by atoms with Crippen LogP contribution in [0.15, 0.2) is 65.0 Å². The number of hydrogen-bond donors (Lipinski definition) is 0. The maximum atomic E-state index is 13.3. The standard InChI is InChI=1S/C27H20ClF3N4O2S/c1-15-8-9-32-22(12-35-10-4-6-20(26(35)36)27(29,30)31)19(15)13-37-23-7-3-5-17-18(11-16(2)33-25(17)23)24-21(28)14-38-34-24/h3-11,14H,12-13H2,1-2H3. The summed E-state index contributed by atoms with van der Waals surface area (Å²) in [7, 11) is 0. The van der Waals surface area contributed by atoms with Crippen LogP contribution in [-0.2, 0) is 19.3 Å². The smallest absolute Gasteiger partial charge is 0.421 e. The molecule has 5 aromatic rings. The number of fused-ring (bicyclic) bond motifs is 1. The van der Waals surface area contributed by atoms with E-state index in [4.69, 9.17) is 16.3 Å². The average molecular weight is 557 g/mol. The van der Waals surface area contributed by atoms with E-state index in [0.717, 1.165) is 32.8 Å². The number of hydrogen-bond acceptors (Lipinski definition) is 6. The molecule has 0 aliphatic heterocycles. The summed E-state index contributed by atoms with van der Waals surface area (Å²) >= 11 is 7.62. The number of ether oxygens (including phenoxy) is 1. The number of rotatable bonds is 6. The second-order valence-corrected chi connectivity index (χ2v) is 9.71. The molecule has 0 aliphatic carbocycles. The minimum absolute atomic E-state index is 0.0737. The lowest BCUT2D eigenvalue weighted by Crippen LogP contribution is -2.29. The van der Waals surface area contributed by atoms with Crippen molar-refractivity contribution in [2.24, 2.45) is 0 Å². The molecule has 0 atom stereocenters. The van der Waals surface area contributed by atoms with Crippen LogP contribution in [0.5, 0.6) is 5.75 Å². The second-order valence-electron chi connectivity index (χ2n) is 8.67. The SMILES string of the molecule is Cc1cc(-c2nscc2Cl)c2cccc(OCc3c(C)ccnc3Cn3cccc(C(F)(F)F)c3=O)c2n1. The third-order valence-electron chi connectivity index (χ3n) is 6.11. The van der Waals surface area contributed by atoms with E-state index in [1.807, 2.05) is 32.0 Å². The van der Waals surface area contributed by atoms with Gasteiger partial charge in [-0.05, 0) is 61.3 Å². The molecule has 0 saturated heterocycles. The van der Waals surface area contributed by atoms with Crippen LogP contribution in [0.4, 0.5) is 13.2 Å². The van der Waals surface area contributed by atoms with Crippen LogP contribution in [0.2, 0.25) is 5.02 Å². The Kier molecular flexibility index (Phi) is 6.93. The molecule has 0 N–H and O–H groups in total. The first-order valence-corrected chi connectivity index (χ1v) is 12.7. The molecule has 38 heavy (non-hydrogen) atoms. The molecule has 11 heteroatoms. The number of para-hydroxylation sites is 1. The highest BCUT2D eigenvalue weighted by Gasteiger charge is 2.34. The van der Waals surface area contributed by atoms with E-state index in [9.17, 15) is 18.0 Å². The van der Waals surface area contributed by atoms with Gasteiger partial charge in [0, 0.05) is 40.0 Å². The van der Waals surface area contributed by atoms with Crippen molar-refractivity contribution < 1.29 is 17.9 Å². The first-order chi connectivity index (χ1) is 18.1. The summed E-state index contributed by atoms with van der Waals surface area (Å²) < 4.78 is 51.4. The van der Waals surface area contributed by atoms with Crippen molar-refractivity contribution in [1.29, 1.82) is 0 Å². The molecule has 4 heterocycles. The Labute approximate surface area is 224 Å². The zero-order valence-corrected chi connectivity index (χ0v) is 21.8. The van der Waals surface area contributed by atoms with Crippen molar-refractivity contribution in [1.82, 2.24) is 18.9 Å². The fraction of sp³-hybridized carbons (Fsp3) is 0.185. The highest BCUT2D eigenvalue weighted by atomic mass is 35.5. The van der Waals surface area contributed by atoms with Crippen molar-refractivity contribution in [3.05, 3.63) is 104 Å². The first-order valence-electron chi connectivity index (χ1n) is 11.5. The molecule has 0 aliphatic rings. The summed E-state index contributed by atoms with van der Waals surface area (Å²) in [6.45, 7) is 3.66. The molecular weight excluding hydrogens is 537 g/mol. The van der Waals surface area contributed by atoms with Gasteiger partial charge >= 0.3 is 6.18 Å². The van der Waals surface area contributed by atoms with Crippen LogP contribution in [0.25, 0.3) is 22.2 Å². The summed E-state index contributed by atoms with van der Waals surface area (Å²) in [6.07, 6.45) is -1.87. The highest BCUT2D eigenvalue weighted by Crippen LogP contribution is 2.36. The van der Waals surface area contributed by atoms with Crippen LogP contribution in [-0.4, -0.2) is 18.9 Å². The molecule has 5 rings (SSSR count). The van der Waals surface area contributed by atoms with Crippen molar-refractivity contribution in [3.8, 4) is 17.0 Å². The van der Waals surface area contributed by atoms with Crippen molar-refractivity contribution in [2.75, 3.05) is 0 Å². The van der Waals surface area contributed by atoms with Gasteiger partial charge in [-0.3, -0.25) is 9.78 Å². The summed E-state index contributed by atoms with van der Waals surface area (Å²) in [4.78, 5) is 21.5. The van der Waals surface area contributed by atoms with Crippen LogP contribution in [0, 0.1) is 13.8 Å². The Hall–Kier alpha value is -3.76. The monoisotopic (exact) mass is 556 g/mol. The predicted octanol–water partition coefficient (Wildman–Crippen LogP) is 6.83. The molecule has 194 valence electrons. The van der Waals surface area contributed by atoms with Crippen molar-refractivity contribution in [3.63, 3.8) is 0 Å². The summed E-state index contributed by atoms with van der Waals surface area (Å²) in [5.74, 6) is 0.518. The van der Waals surface area contributed by atoms with E-state index < -0.39 is 17.3 Å². The van der Waals surface area contributed by atoms with Crippen LogP contribution in [0.1, 0.15) is 28.1 Å². The van der Waals surface area contributed by atoms with Gasteiger partial charge in [-0.2, -0.15) is 17.5 Å². The summed E-state index contributed by atoms with van der Waals surface area (Å²) in [5.41, 5.74) is 2.48. The van der Waals surface area contributed by atoms with E-state index in [-0.39, 0.29) is 13.2 Å². The normalized spacial score (nSPS) is 11.7. The molecule has 0 spiro atoms. The van der Waals surface area contributed by atoms with Crippen LogP contribution in [0.3, 0.4) is 0 Å². The molecule has 1 aromatic carbocycles. The zero-order valence-electron chi connectivity index (χ0n) is 20.2. The number of aromatic nitrogens is 4. The fourth-order valence-corrected chi connectivity index (χ4v) is 5.10. The molecule has 0 bridgehead atoms. The van der Waals surface area contributed by atoms with Crippen LogP contribution < -0.4 is 10.3 Å². The Morgan fingerprint density at radius 1 is 1.13 bits per heavy atom. The largest absolute Gasteiger partial charge is 0.487 e. The molecule has 0 fully saturated rings. The number of aryl methyl sites for hydroxylation is 2. The van der Waals surface area contributed by atoms with Gasteiger partial charge in [-0.1, -0.05) is 23.7 Å². The van der Waals surface area contributed by atoms with E-state index in [1.165, 1.54) is 23.8 Å². The molecule has 0 unspecified atom stereocenters. The average Bonchev–Trinajstić information content (AvgIpc) is 3.29. The quantitative estimate of drug-likeness (QED) is 0.229. The van der Waals surface area contributed by atoms with E-state index in [2.05, 4.69) is 14.3 Å². The Balaban J connectivity index is 1.50. The first kappa shape index (κ1) is 25.9. The van der Waals surface area contributed by atoms with E-state index >= 15 is 0 Å². The lowest BCUT2D eigenvalue weighted by atomic mass is 10.0. The van der Waals surface area contributed by atoms with Gasteiger partial charge in [0.2, 0.25) is 0 Å². The lowest BCUT2D eigenvalue weighted by Gasteiger charge is -2.16. The fourth-order valence-electron chi connectivity index (χ4n) is 4.23. The second kappa shape index (κ2) is 10.2. The molecule has 4 aromatic heterocycles. The van der Waals surface area contributed by atoms with Gasteiger partial charge in [-0.25, -0.2) is 4.98 Å². The molecule has 0 radical (unpaired) electrons. The summed E-state index contributed by atoms with van der Waals surface area (Å²) in [6, 6.07) is 11.2. The Morgan fingerprint density at radius 2 is 1.95 bits per heavy atom. The zero-order chi connectivity index (χ0) is 27.0. The number of halogens is 4. The Bertz CT molecular complexity index is 1720. The predicted molar refractivity (Wildman–Crippen MR) is 141 cm³/mol. The minimum atomic E-state index is -4.74. The van der Waals surface area contributed by atoms with E-state index in [0.29, 0.717) is 33.2 Å². The summed E-state index contributed by atoms with van der Waals surface area (Å²) in [5, 5.41) is 3.13. The third-order valence-corrected chi connectivity index (χ3v) is 7.16. The molecule has 0 saturated carbocycles. The van der Waals surface area contributed by atoms with Crippen molar-refractivity contribution in [2.45, 2.75) is 33.2 Å². The number of alkyl halides is 3. The Morgan fingerprint density at radius 3 is 2.68 bits per heavy atom. The van der Waals surface area contributed by atoms with Gasteiger partial charge in [0.15, 0.2) is 0 Å². The number of nitrogens with zero attached hydrogens (tertiary/aromatic N) is 4. The maximum Gasteiger partial charge on any atom is 0.421 e. The third kappa shape index (κ3) is 5.01. The van der Waals surface area contributed by atoms with Gasteiger partial charge in [0.1, 0.15) is 29.1 Å². The van der Waals surface area contributed by atoms with Crippen molar-refractivity contribution >= 4 is 34.0 Å². The molecular formula is C27H20ClF3N4O2S.